The summed E-state index contributed by atoms with van der Waals surface area (Å²) < 4.78 is 10.9. The lowest BCUT2D eigenvalue weighted by molar-refractivity contribution is 0.130. The SMILES string of the molecule is COc1ccc2c(c1)[C@@H](NC(=O)OCc1ccccc1)[C@H](C)[C@@H](c1cccnc1)N2. The van der Waals surface area contributed by atoms with E-state index in [1.807, 2.05) is 66.9 Å². The molecule has 3 atom stereocenters. The first-order valence-electron chi connectivity index (χ1n) is 9.97. The molecule has 1 aliphatic rings. The van der Waals surface area contributed by atoms with Gasteiger partial charge in [-0.15, -0.1) is 0 Å². The molecule has 0 bridgehead atoms. The lowest BCUT2D eigenvalue weighted by atomic mass is 9.81. The molecule has 1 aliphatic heterocycles. The Balaban J connectivity index is 1.58. The molecule has 0 spiro atoms. The zero-order chi connectivity index (χ0) is 20.9. The van der Waals surface area contributed by atoms with Crippen LogP contribution in [0.15, 0.2) is 73.1 Å². The van der Waals surface area contributed by atoms with Crippen LogP contribution in [0.5, 0.6) is 5.75 Å². The fraction of sp³-hybridized carbons (Fsp3) is 0.250. The molecule has 6 heteroatoms. The predicted octanol–water partition coefficient (Wildman–Crippen LogP) is 4.86. The van der Waals surface area contributed by atoms with Gasteiger partial charge >= 0.3 is 6.09 Å². The highest BCUT2D eigenvalue weighted by molar-refractivity contribution is 5.70. The Bertz CT molecular complexity index is 995. The largest absolute Gasteiger partial charge is 0.497 e. The van der Waals surface area contributed by atoms with Crippen molar-refractivity contribution in [3.05, 3.63) is 89.7 Å². The number of methoxy groups -OCH3 is 1. The number of nitrogens with zero attached hydrogens (tertiary/aromatic N) is 1. The maximum absolute atomic E-state index is 12.6. The number of aromatic nitrogens is 1. The fourth-order valence-electron chi connectivity index (χ4n) is 3.88. The molecule has 0 saturated carbocycles. The molecule has 0 saturated heterocycles. The van der Waals surface area contributed by atoms with Crippen LogP contribution in [0.1, 0.15) is 35.7 Å². The number of nitrogens with one attached hydrogen (secondary N) is 2. The normalized spacial score (nSPS) is 19.9. The summed E-state index contributed by atoms with van der Waals surface area (Å²) >= 11 is 0. The minimum Gasteiger partial charge on any atom is -0.497 e. The molecular formula is C24H25N3O3. The van der Waals surface area contributed by atoms with Crippen LogP contribution in [0.4, 0.5) is 10.5 Å². The van der Waals surface area contributed by atoms with E-state index >= 15 is 0 Å². The van der Waals surface area contributed by atoms with E-state index in [0.29, 0.717) is 0 Å². The van der Waals surface area contributed by atoms with Crippen molar-refractivity contribution in [2.45, 2.75) is 25.6 Å². The van der Waals surface area contributed by atoms with Crippen molar-refractivity contribution in [3.8, 4) is 5.75 Å². The number of alkyl carbamates (subject to hydrolysis) is 1. The molecule has 0 radical (unpaired) electrons. The number of amides is 1. The molecule has 1 aromatic heterocycles. The van der Waals surface area contributed by atoms with Crippen LogP contribution in [0, 0.1) is 5.92 Å². The Morgan fingerprint density at radius 3 is 2.70 bits per heavy atom. The molecule has 4 rings (SSSR count). The lowest BCUT2D eigenvalue weighted by Gasteiger charge is -2.39. The quantitative estimate of drug-likeness (QED) is 0.636. The summed E-state index contributed by atoms with van der Waals surface area (Å²) in [5, 5.41) is 6.66. The van der Waals surface area contributed by atoms with Crippen LogP contribution in [0.25, 0.3) is 0 Å². The Labute approximate surface area is 176 Å². The van der Waals surface area contributed by atoms with Crippen molar-refractivity contribution < 1.29 is 14.3 Å². The number of carbonyl (C=O) groups excluding carboxylic acids is 1. The number of fused-ring (bicyclic) bond motifs is 1. The Kier molecular flexibility index (Phi) is 5.84. The highest BCUT2D eigenvalue weighted by Gasteiger charge is 2.36. The van der Waals surface area contributed by atoms with E-state index in [-0.39, 0.29) is 24.6 Å². The second-order valence-corrected chi connectivity index (χ2v) is 7.40. The van der Waals surface area contributed by atoms with Crippen LogP contribution in [-0.2, 0) is 11.3 Å². The number of benzene rings is 2. The van der Waals surface area contributed by atoms with Crippen molar-refractivity contribution >= 4 is 11.8 Å². The average molecular weight is 403 g/mol. The number of rotatable bonds is 5. The molecule has 0 fully saturated rings. The van der Waals surface area contributed by atoms with Gasteiger partial charge in [-0.25, -0.2) is 4.79 Å². The van der Waals surface area contributed by atoms with Crippen molar-refractivity contribution in [2.75, 3.05) is 12.4 Å². The average Bonchev–Trinajstić information content (AvgIpc) is 2.80. The molecule has 2 heterocycles. The van der Waals surface area contributed by atoms with Gasteiger partial charge in [-0.2, -0.15) is 0 Å². The smallest absolute Gasteiger partial charge is 0.407 e. The summed E-state index contributed by atoms with van der Waals surface area (Å²) in [6.07, 6.45) is 3.16. The third-order valence-electron chi connectivity index (χ3n) is 5.49. The van der Waals surface area contributed by atoms with Gasteiger partial charge in [-0.1, -0.05) is 43.3 Å². The van der Waals surface area contributed by atoms with Gasteiger partial charge in [0, 0.05) is 29.6 Å². The van der Waals surface area contributed by atoms with Gasteiger partial charge in [0.05, 0.1) is 19.2 Å². The first-order valence-corrected chi connectivity index (χ1v) is 9.97. The summed E-state index contributed by atoms with van der Waals surface area (Å²) in [6, 6.07) is 19.2. The number of pyridine rings is 1. The van der Waals surface area contributed by atoms with E-state index in [1.54, 1.807) is 13.3 Å². The van der Waals surface area contributed by atoms with Crippen LogP contribution < -0.4 is 15.4 Å². The third kappa shape index (κ3) is 4.22. The Hall–Kier alpha value is -3.54. The Morgan fingerprint density at radius 2 is 1.97 bits per heavy atom. The molecule has 3 aromatic rings. The van der Waals surface area contributed by atoms with Gasteiger partial charge in [-0.05, 0) is 35.4 Å². The highest BCUT2D eigenvalue weighted by Crippen LogP contribution is 2.44. The van der Waals surface area contributed by atoms with E-state index < -0.39 is 6.09 Å². The summed E-state index contributed by atoms with van der Waals surface area (Å²) in [6.45, 7) is 2.33. The van der Waals surface area contributed by atoms with Gasteiger partial charge in [0.2, 0.25) is 0 Å². The van der Waals surface area contributed by atoms with Crippen LogP contribution in [0.2, 0.25) is 0 Å². The standard InChI is InChI=1S/C24H25N3O3/c1-16-22(18-9-6-12-25-14-18)26-21-11-10-19(29-2)13-20(21)23(16)27-24(28)30-15-17-7-4-3-5-8-17/h3-14,16,22-23,26H,15H2,1-2H3,(H,27,28)/t16-,22+,23+/m1/s1. The van der Waals surface area contributed by atoms with Crippen LogP contribution >= 0.6 is 0 Å². The maximum atomic E-state index is 12.6. The predicted molar refractivity (Wildman–Crippen MR) is 115 cm³/mol. The van der Waals surface area contributed by atoms with E-state index in [1.165, 1.54) is 0 Å². The monoisotopic (exact) mass is 403 g/mol. The zero-order valence-electron chi connectivity index (χ0n) is 17.0. The van der Waals surface area contributed by atoms with Crippen molar-refractivity contribution in [3.63, 3.8) is 0 Å². The second-order valence-electron chi connectivity index (χ2n) is 7.40. The third-order valence-corrected chi connectivity index (χ3v) is 5.49. The van der Waals surface area contributed by atoms with Crippen LogP contribution in [0.3, 0.4) is 0 Å². The number of hydrogen-bond acceptors (Lipinski definition) is 5. The van der Waals surface area contributed by atoms with Gasteiger partial charge in [0.15, 0.2) is 0 Å². The molecule has 1 amide bonds. The Morgan fingerprint density at radius 1 is 1.13 bits per heavy atom. The first-order chi connectivity index (χ1) is 14.7. The summed E-state index contributed by atoms with van der Waals surface area (Å²) in [5.74, 6) is 0.796. The minimum atomic E-state index is -0.448. The van der Waals surface area contributed by atoms with Gasteiger partial charge < -0.3 is 20.1 Å². The van der Waals surface area contributed by atoms with Gasteiger partial charge in [-0.3, -0.25) is 4.98 Å². The summed E-state index contributed by atoms with van der Waals surface area (Å²) in [7, 11) is 1.64. The molecule has 154 valence electrons. The summed E-state index contributed by atoms with van der Waals surface area (Å²) in [4.78, 5) is 16.9. The lowest BCUT2D eigenvalue weighted by Crippen LogP contribution is -2.40. The fourth-order valence-corrected chi connectivity index (χ4v) is 3.88. The molecule has 2 aromatic carbocycles. The number of carbonyl (C=O) groups is 1. The first kappa shape index (κ1) is 19.8. The number of hydrogen-bond donors (Lipinski definition) is 2. The van der Waals surface area contributed by atoms with Gasteiger partial charge in [0.1, 0.15) is 12.4 Å². The topological polar surface area (TPSA) is 72.5 Å². The van der Waals surface area contributed by atoms with Crippen molar-refractivity contribution in [1.29, 1.82) is 0 Å². The van der Waals surface area contributed by atoms with Crippen molar-refractivity contribution in [2.24, 2.45) is 5.92 Å². The zero-order valence-corrected chi connectivity index (χ0v) is 17.0. The summed E-state index contributed by atoms with van der Waals surface area (Å²) in [5.41, 5.74) is 3.94. The highest BCUT2D eigenvalue weighted by atomic mass is 16.5. The van der Waals surface area contributed by atoms with E-state index in [4.69, 9.17) is 9.47 Å². The van der Waals surface area contributed by atoms with Crippen LogP contribution in [-0.4, -0.2) is 18.2 Å². The van der Waals surface area contributed by atoms with E-state index in [9.17, 15) is 4.79 Å². The molecule has 6 nitrogen and oxygen atoms in total. The number of anilines is 1. The molecular weight excluding hydrogens is 378 g/mol. The number of ether oxygens (including phenoxy) is 2. The minimum absolute atomic E-state index is 0.000909. The van der Waals surface area contributed by atoms with E-state index in [2.05, 4.69) is 22.5 Å². The second kappa shape index (κ2) is 8.86. The molecule has 0 aliphatic carbocycles. The maximum Gasteiger partial charge on any atom is 0.407 e. The molecule has 0 unspecified atom stereocenters. The van der Waals surface area contributed by atoms with Gasteiger partial charge in [0.25, 0.3) is 0 Å². The van der Waals surface area contributed by atoms with E-state index in [0.717, 1.165) is 28.1 Å². The molecule has 30 heavy (non-hydrogen) atoms. The molecule has 2 N–H and O–H groups in total. The van der Waals surface area contributed by atoms with Crippen molar-refractivity contribution in [1.82, 2.24) is 10.3 Å².